The zero-order chi connectivity index (χ0) is 16.1. The maximum absolute atomic E-state index is 4.37. The Bertz CT molecular complexity index is 693. The molecule has 1 nitrogen and oxygen atoms in total. The Balaban J connectivity index is 2.59. The average Bonchev–Trinajstić information content (AvgIpc) is 2.52. The van der Waals surface area contributed by atoms with Gasteiger partial charge < -0.3 is 5.32 Å². The summed E-state index contributed by atoms with van der Waals surface area (Å²) < 4.78 is 0. The summed E-state index contributed by atoms with van der Waals surface area (Å²) in [7, 11) is 1.92. The Morgan fingerprint density at radius 2 is 1.73 bits per heavy atom. The van der Waals surface area contributed by atoms with E-state index in [1.807, 2.05) is 13.2 Å². The Labute approximate surface area is 134 Å². The van der Waals surface area contributed by atoms with Gasteiger partial charge in [-0.3, -0.25) is 0 Å². The van der Waals surface area contributed by atoms with Gasteiger partial charge >= 0.3 is 0 Å². The van der Waals surface area contributed by atoms with Crippen molar-refractivity contribution < 1.29 is 0 Å². The van der Waals surface area contributed by atoms with Crippen molar-refractivity contribution in [1.29, 1.82) is 0 Å². The van der Waals surface area contributed by atoms with Gasteiger partial charge in [-0.2, -0.15) is 0 Å². The predicted octanol–water partition coefficient (Wildman–Crippen LogP) is 5.37. The molecule has 2 aromatic rings. The zero-order valence-corrected chi connectivity index (χ0v) is 14.0. The van der Waals surface area contributed by atoms with Crippen LogP contribution in [0.3, 0.4) is 0 Å². The van der Waals surface area contributed by atoms with Crippen LogP contribution in [0.2, 0.25) is 0 Å². The summed E-state index contributed by atoms with van der Waals surface area (Å²) in [5.41, 5.74) is 7.34. The van der Waals surface area contributed by atoms with E-state index in [1.165, 1.54) is 27.8 Å². The maximum atomic E-state index is 4.37. The summed E-state index contributed by atoms with van der Waals surface area (Å²) in [6.45, 7) is 11.0. The second-order valence-electron chi connectivity index (χ2n) is 5.88. The molecule has 0 fully saturated rings. The van der Waals surface area contributed by atoms with Gasteiger partial charge in [0.05, 0.1) is 0 Å². The van der Waals surface area contributed by atoms with E-state index in [0.717, 1.165) is 5.57 Å². The van der Waals surface area contributed by atoms with Gasteiger partial charge in [0, 0.05) is 7.05 Å². The molecule has 0 amide bonds. The minimum atomic E-state index is 0.473. The topological polar surface area (TPSA) is 12.0 Å². The highest BCUT2D eigenvalue weighted by Gasteiger charge is 2.13. The molecule has 0 saturated heterocycles. The van der Waals surface area contributed by atoms with E-state index in [9.17, 15) is 0 Å². The molecule has 1 heteroatoms. The van der Waals surface area contributed by atoms with Crippen LogP contribution in [0, 0.1) is 6.92 Å². The first-order valence-electron chi connectivity index (χ1n) is 7.78. The van der Waals surface area contributed by atoms with Gasteiger partial charge in [0.15, 0.2) is 0 Å². The van der Waals surface area contributed by atoms with Crippen molar-refractivity contribution in [2.45, 2.75) is 26.7 Å². The van der Waals surface area contributed by atoms with Crippen molar-refractivity contribution in [1.82, 2.24) is 5.32 Å². The fraction of sp³-hybridized carbons (Fsp3) is 0.238. The number of hydrogen-bond donors (Lipinski definition) is 1. The summed E-state index contributed by atoms with van der Waals surface area (Å²) in [4.78, 5) is 0. The number of nitrogens with one attached hydrogen (secondary N) is 1. The first-order chi connectivity index (χ1) is 10.6. The van der Waals surface area contributed by atoms with E-state index in [2.05, 4.69) is 81.2 Å². The van der Waals surface area contributed by atoms with Crippen molar-refractivity contribution >= 4 is 11.6 Å². The molecule has 1 N–H and O–H groups in total. The standard InChI is InChI=1S/C21H25N/c1-15(2)18-11-8-12-20(21(18)13-14-22-5)17(4)19-10-7-6-9-16(19)3/h6-15,22H,4H2,1-3,5H3/b14-13-. The van der Waals surface area contributed by atoms with Crippen LogP contribution in [0.5, 0.6) is 0 Å². The fourth-order valence-corrected chi connectivity index (χ4v) is 2.76. The van der Waals surface area contributed by atoms with Gasteiger partial charge in [-0.1, -0.05) is 62.9 Å². The van der Waals surface area contributed by atoms with E-state index in [1.54, 1.807) is 0 Å². The quantitative estimate of drug-likeness (QED) is 0.781. The Hall–Kier alpha value is -2.28. The lowest BCUT2D eigenvalue weighted by Gasteiger charge is -2.17. The molecule has 0 saturated carbocycles. The summed E-state index contributed by atoms with van der Waals surface area (Å²) >= 11 is 0. The third-order valence-corrected chi connectivity index (χ3v) is 3.97. The van der Waals surface area contributed by atoms with E-state index < -0.39 is 0 Å². The smallest absolute Gasteiger partial charge is 0.00277 e. The lowest BCUT2D eigenvalue weighted by Crippen LogP contribution is -2.00. The van der Waals surface area contributed by atoms with Gasteiger partial charge in [-0.25, -0.2) is 0 Å². The molecule has 2 aromatic carbocycles. The summed E-state index contributed by atoms with van der Waals surface area (Å²) in [6, 6.07) is 14.9. The molecule has 0 unspecified atom stereocenters. The average molecular weight is 291 g/mol. The molecular weight excluding hydrogens is 266 g/mol. The van der Waals surface area contributed by atoms with Crippen molar-refractivity contribution in [3.8, 4) is 0 Å². The van der Waals surface area contributed by atoms with E-state index >= 15 is 0 Å². The molecule has 0 aliphatic rings. The Kier molecular flexibility index (Phi) is 5.21. The Morgan fingerprint density at radius 3 is 2.36 bits per heavy atom. The lowest BCUT2D eigenvalue weighted by atomic mass is 9.87. The predicted molar refractivity (Wildman–Crippen MR) is 97.9 cm³/mol. The third-order valence-electron chi connectivity index (χ3n) is 3.97. The first-order valence-corrected chi connectivity index (χ1v) is 7.78. The van der Waals surface area contributed by atoms with Crippen LogP contribution in [-0.2, 0) is 0 Å². The maximum Gasteiger partial charge on any atom is 0.00277 e. The fourth-order valence-electron chi connectivity index (χ4n) is 2.76. The minimum Gasteiger partial charge on any atom is -0.394 e. The van der Waals surface area contributed by atoms with Gasteiger partial charge in [-0.15, -0.1) is 0 Å². The SMILES string of the molecule is C=C(c1ccccc1C)c1cccc(C(C)C)c1/C=C\NC. The Morgan fingerprint density at radius 1 is 1.05 bits per heavy atom. The molecule has 114 valence electrons. The van der Waals surface area contributed by atoms with Crippen LogP contribution in [0.1, 0.15) is 47.6 Å². The van der Waals surface area contributed by atoms with Crippen molar-refractivity contribution in [3.63, 3.8) is 0 Å². The normalized spacial score (nSPS) is 11.1. The molecule has 0 radical (unpaired) electrons. The van der Waals surface area contributed by atoms with Gasteiger partial charge in [-0.05, 0) is 58.5 Å². The highest BCUT2D eigenvalue weighted by atomic mass is 14.8. The number of benzene rings is 2. The molecule has 0 aliphatic carbocycles. The van der Waals surface area contributed by atoms with Gasteiger partial charge in [0.1, 0.15) is 0 Å². The molecular formula is C21H25N. The zero-order valence-electron chi connectivity index (χ0n) is 14.0. The highest BCUT2D eigenvalue weighted by Crippen LogP contribution is 2.32. The molecule has 0 aromatic heterocycles. The molecule has 0 bridgehead atoms. The number of hydrogen-bond acceptors (Lipinski definition) is 1. The molecule has 0 heterocycles. The molecule has 0 spiro atoms. The molecule has 0 aliphatic heterocycles. The summed E-state index contributed by atoms with van der Waals surface area (Å²) in [5.74, 6) is 0.473. The van der Waals surface area contributed by atoms with Crippen LogP contribution in [-0.4, -0.2) is 7.05 Å². The second kappa shape index (κ2) is 7.13. The van der Waals surface area contributed by atoms with Crippen LogP contribution in [0.15, 0.2) is 55.2 Å². The molecule has 2 rings (SSSR count). The highest BCUT2D eigenvalue weighted by molar-refractivity contribution is 5.85. The van der Waals surface area contributed by atoms with E-state index in [4.69, 9.17) is 0 Å². The van der Waals surface area contributed by atoms with Crippen LogP contribution in [0.25, 0.3) is 11.6 Å². The third kappa shape index (κ3) is 3.30. The number of rotatable bonds is 5. The van der Waals surface area contributed by atoms with Crippen molar-refractivity contribution in [2.75, 3.05) is 7.05 Å². The second-order valence-corrected chi connectivity index (χ2v) is 5.88. The largest absolute Gasteiger partial charge is 0.394 e. The first kappa shape index (κ1) is 16.1. The monoisotopic (exact) mass is 291 g/mol. The van der Waals surface area contributed by atoms with Crippen LogP contribution in [0.4, 0.5) is 0 Å². The summed E-state index contributed by atoms with van der Waals surface area (Å²) in [5, 5.41) is 3.09. The van der Waals surface area contributed by atoms with E-state index in [0.29, 0.717) is 5.92 Å². The summed E-state index contributed by atoms with van der Waals surface area (Å²) in [6.07, 6.45) is 4.13. The van der Waals surface area contributed by atoms with Crippen molar-refractivity contribution in [2.24, 2.45) is 0 Å². The van der Waals surface area contributed by atoms with Crippen LogP contribution >= 0.6 is 0 Å². The van der Waals surface area contributed by atoms with Gasteiger partial charge in [0.2, 0.25) is 0 Å². The minimum absolute atomic E-state index is 0.473. The lowest BCUT2D eigenvalue weighted by molar-refractivity contribution is 0.863. The number of aryl methyl sites for hydroxylation is 1. The van der Waals surface area contributed by atoms with Crippen molar-refractivity contribution in [3.05, 3.63) is 83.1 Å². The van der Waals surface area contributed by atoms with E-state index in [-0.39, 0.29) is 0 Å². The molecule has 22 heavy (non-hydrogen) atoms. The van der Waals surface area contributed by atoms with Gasteiger partial charge in [0.25, 0.3) is 0 Å². The molecule has 0 atom stereocenters. The van der Waals surface area contributed by atoms with Crippen LogP contribution < -0.4 is 5.32 Å².